The highest BCUT2D eigenvalue weighted by atomic mass is 16.2. The first-order valence-corrected chi connectivity index (χ1v) is 9.43. The quantitative estimate of drug-likeness (QED) is 0.623. The Kier molecular flexibility index (Phi) is 8.45. The summed E-state index contributed by atoms with van der Waals surface area (Å²) in [6, 6.07) is 0.573. The molecule has 130 valence electrons. The number of rotatable bonds is 8. The zero-order valence-electron chi connectivity index (χ0n) is 15.7. The number of nitrogens with zero attached hydrogens (tertiary/aromatic N) is 2. The maximum atomic E-state index is 12.6. The normalized spacial score (nSPS) is 20.4. The summed E-state index contributed by atoms with van der Waals surface area (Å²) in [7, 11) is 0. The van der Waals surface area contributed by atoms with E-state index in [0.717, 1.165) is 19.6 Å². The van der Waals surface area contributed by atoms with Gasteiger partial charge in [-0.25, -0.2) is 0 Å². The van der Waals surface area contributed by atoms with E-state index in [4.69, 9.17) is 0 Å². The van der Waals surface area contributed by atoms with Crippen molar-refractivity contribution in [3.8, 4) is 0 Å². The standard InChI is InChI=1S/C19H38N2O/c1-6-8-10-12-17-16-21(18(22)19(3,4)5)15-14-20(17)13-11-9-7-2/h17H,6-16H2,1-5H3/t17-/m1/s1. The van der Waals surface area contributed by atoms with Gasteiger partial charge in [0.15, 0.2) is 0 Å². The van der Waals surface area contributed by atoms with Crippen molar-refractivity contribution < 1.29 is 4.79 Å². The topological polar surface area (TPSA) is 23.6 Å². The van der Waals surface area contributed by atoms with E-state index < -0.39 is 0 Å². The summed E-state index contributed by atoms with van der Waals surface area (Å²) in [4.78, 5) is 17.3. The van der Waals surface area contributed by atoms with Crippen LogP contribution in [0.3, 0.4) is 0 Å². The van der Waals surface area contributed by atoms with Crippen molar-refractivity contribution in [1.82, 2.24) is 9.80 Å². The Morgan fingerprint density at radius 1 is 1.00 bits per heavy atom. The molecule has 22 heavy (non-hydrogen) atoms. The zero-order chi connectivity index (χ0) is 16.6. The molecule has 3 heteroatoms. The number of carbonyl (C=O) groups is 1. The van der Waals surface area contributed by atoms with Crippen LogP contribution in [0.15, 0.2) is 0 Å². The van der Waals surface area contributed by atoms with Crippen LogP contribution in [0.4, 0.5) is 0 Å². The predicted octanol–water partition coefficient (Wildman–Crippen LogP) is 4.32. The first-order valence-electron chi connectivity index (χ1n) is 9.43. The molecule has 1 atom stereocenters. The largest absolute Gasteiger partial charge is 0.339 e. The SMILES string of the molecule is CCCCC[C@@H]1CN(C(=O)C(C)(C)C)CCN1CCCCC. The van der Waals surface area contributed by atoms with Crippen LogP contribution in [0.25, 0.3) is 0 Å². The Bertz CT molecular complexity index is 322. The molecule has 0 radical (unpaired) electrons. The smallest absolute Gasteiger partial charge is 0.228 e. The predicted molar refractivity (Wildman–Crippen MR) is 95.1 cm³/mol. The molecule has 1 heterocycles. The monoisotopic (exact) mass is 310 g/mol. The lowest BCUT2D eigenvalue weighted by molar-refractivity contribution is -0.142. The second kappa shape index (κ2) is 9.54. The molecule has 0 N–H and O–H groups in total. The molecule has 0 saturated carbocycles. The van der Waals surface area contributed by atoms with Gasteiger partial charge in [0.05, 0.1) is 0 Å². The molecule has 1 amide bonds. The Morgan fingerprint density at radius 3 is 2.23 bits per heavy atom. The summed E-state index contributed by atoms with van der Waals surface area (Å²) in [5, 5.41) is 0. The molecule has 0 aromatic rings. The lowest BCUT2D eigenvalue weighted by Gasteiger charge is -2.43. The van der Waals surface area contributed by atoms with Gasteiger partial charge < -0.3 is 4.90 Å². The molecule has 1 rings (SSSR count). The van der Waals surface area contributed by atoms with Crippen LogP contribution >= 0.6 is 0 Å². The number of hydrogen-bond acceptors (Lipinski definition) is 2. The molecule has 1 aliphatic rings. The minimum absolute atomic E-state index is 0.252. The summed E-state index contributed by atoms with van der Waals surface area (Å²) >= 11 is 0. The summed E-state index contributed by atoms with van der Waals surface area (Å²) in [6.07, 6.45) is 9.02. The molecule has 0 aliphatic carbocycles. The van der Waals surface area contributed by atoms with Crippen molar-refractivity contribution in [1.29, 1.82) is 0 Å². The number of amides is 1. The van der Waals surface area contributed by atoms with E-state index in [1.54, 1.807) is 0 Å². The van der Waals surface area contributed by atoms with E-state index in [9.17, 15) is 4.79 Å². The Balaban J connectivity index is 2.60. The van der Waals surface area contributed by atoms with E-state index in [1.165, 1.54) is 51.5 Å². The summed E-state index contributed by atoms with van der Waals surface area (Å²) in [5.74, 6) is 0.321. The van der Waals surface area contributed by atoms with Crippen LogP contribution in [0, 0.1) is 5.41 Å². The lowest BCUT2D eigenvalue weighted by Crippen LogP contribution is -2.56. The molecule has 1 saturated heterocycles. The number of carbonyl (C=O) groups excluding carboxylic acids is 1. The molecule has 1 aliphatic heterocycles. The molecule has 0 bridgehead atoms. The third kappa shape index (κ3) is 6.28. The van der Waals surface area contributed by atoms with Gasteiger partial charge in [0.2, 0.25) is 5.91 Å². The molecular formula is C19H38N2O. The van der Waals surface area contributed by atoms with Crippen LogP contribution < -0.4 is 0 Å². The fourth-order valence-corrected chi connectivity index (χ4v) is 3.31. The maximum Gasteiger partial charge on any atom is 0.228 e. The average molecular weight is 311 g/mol. The van der Waals surface area contributed by atoms with Crippen molar-refractivity contribution in [2.24, 2.45) is 5.41 Å². The molecule has 0 spiro atoms. The van der Waals surface area contributed by atoms with E-state index in [0.29, 0.717) is 11.9 Å². The van der Waals surface area contributed by atoms with E-state index in [-0.39, 0.29) is 5.41 Å². The fraction of sp³-hybridized carbons (Fsp3) is 0.947. The molecule has 0 aromatic carbocycles. The van der Waals surface area contributed by atoms with Crippen molar-refractivity contribution in [2.75, 3.05) is 26.2 Å². The van der Waals surface area contributed by atoms with Crippen molar-refractivity contribution >= 4 is 5.91 Å². The van der Waals surface area contributed by atoms with E-state index >= 15 is 0 Å². The number of unbranched alkanes of at least 4 members (excludes halogenated alkanes) is 4. The van der Waals surface area contributed by atoms with Gasteiger partial charge in [0.25, 0.3) is 0 Å². The highest BCUT2D eigenvalue weighted by molar-refractivity contribution is 5.81. The number of piperazine rings is 1. The highest BCUT2D eigenvalue weighted by Gasteiger charge is 2.33. The molecule has 0 aromatic heterocycles. The Morgan fingerprint density at radius 2 is 1.64 bits per heavy atom. The molecule has 3 nitrogen and oxygen atoms in total. The first kappa shape index (κ1) is 19.5. The van der Waals surface area contributed by atoms with E-state index in [2.05, 4.69) is 23.6 Å². The van der Waals surface area contributed by atoms with E-state index in [1.807, 2.05) is 20.8 Å². The second-order valence-electron chi connectivity index (χ2n) is 7.89. The Labute approximate surface area is 138 Å². The average Bonchev–Trinajstić information content (AvgIpc) is 2.47. The minimum atomic E-state index is -0.252. The van der Waals surface area contributed by atoms with Crippen LogP contribution in [0.1, 0.15) is 79.6 Å². The molecule has 0 unspecified atom stereocenters. The summed E-state index contributed by atoms with van der Waals surface area (Å²) in [5.41, 5.74) is -0.252. The van der Waals surface area contributed by atoms with Gasteiger partial charge in [0.1, 0.15) is 0 Å². The van der Waals surface area contributed by atoms with Gasteiger partial charge in [-0.2, -0.15) is 0 Å². The summed E-state index contributed by atoms with van der Waals surface area (Å²) in [6.45, 7) is 14.7. The first-order chi connectivity index (χ1) is 10.4. The third-order valence-electron chi connectivity index (χ3n) is 4.72. The lowest BCUT2D eigenvalue weighted by atomic mass is 9.93. The molecular weight excluding hydrogens is 272 g/mol. The van der Waals surface area contributed by atoms with Crippen LogP contribution in [-0.2, 0) is 4.79 Å². The maximum absolute atomic E-state index is 12.6. The van der Waals surface area contributed by atoms with Crippen LogP contribution in [0.2, 0.25) is 0 Å². The Hall–Kier alpha value is -0.570. The van der Waals surface area contributed by atoms with Gasteiger partial charge in [-0.05, 0) is 19.4 Å². The van der Waals surface area contributed by atoms with Gasteiger partial charge in [0, 0.05) is 31.1 Å². The van der Waals surface area contributed by atoms with Gasteiger partial charge in [-0.1, -0.05) is 66.7 Å². The fourth-order valence-electron chi connectivity index (χ4n) is 3.31. The van der Waals surface area contributed by atoms with Crippen molar-refractivity contribution in [3.05, 3.63) is 0 Å². The molecule has 1 fully saturated rings. The minimum Gasteiger partial charge on any atom is -0.339 e. The van der Waals surface area contributed by atoms with Crippen molar-refractivity contribution in [2.45, 2.75) is 85.6 Å². The van der Waals surface area contributed by atoms with Crippen LogP contribution in [-0.4, -0.2) is 47.9 Å². The second-order valence-corrected chi connectivity index (χ2v) is 7.89. The van der Waals surface area contributed by atoms with Gasteiger partial charge >= 0.3 is 0 Å². The third-order valence-corrected chi connectivity index (χ3v) is 4.72. The highest BCUT2D eigenvalue weighted by Crippen LogP contribution is 2.23. The summed E-state index contributed by atoms with van der Waals surface area (Å²) < 4.78 is 0. The zero-order valence-corrected chi connectivity index (χ0v) is 15.7. The number of hydrogen-bond donors (Lipinski definition) is 0. The van der Waals surface area contributed by atoms with Gasteiger partial charge in [-0.3, -0.25) is 9.69 Å². The van der Waals surface area contributed by atoms with Crippen molar-refractivity contribution in [3.63, 3.8) is 0 Å². The van der Waals surface area contributed by atoms with Crippen LogP contribution in [0.5, 0.6) is 0 Å². The van der Waals surface area contributed by atoms with Gasteiger partial charge in [-0.15, -0.1) is 0 Å².